The van der Waals surface area contributed by atoms with Crippen molar-refractivity contribution in [2.24, 2.45) is 5.92 Å². The minimum Gasteiger partial charge on any atom is -0.384 e. The van der Waals surface area contributed by atoms with Gasteiger partial charge in [0, 0.05) is 11.4 Å². The molecule has 1 atom stereocenters. The zero-order chi connectivity index (χ0) is 12.8. The highest BCUT2D eigenvalue weighted by atomic mass is 32.2. The van der Waals surface area contributed by atoms with Crippen LogP contribution in [-0.4, -0.2) is 23.8 Å². The van der Waals surface area contributed by atoms with Gasteiger partial charge in [-0.15, -0.1) is 11.8 Å². The molecule has 2 rings (SSSR count). The van der Waals surface area contributed by atoms with Crippen molar-refractivity contribution < 1.29 is 0 Å². The minimum atomic E-state index is 0.754. The molecule has 1 aliphatic rings. The first-order chi connectivity index (χ1) is 8.85. The van der Waals surface area contributed by atoms with Crippen molar-refractivity contribution in [3.63, 3.8) is 0 Å². The summed E-state index contributed by atoms with van der Waals surface area (Å²) in [5.74, 6) is 4.28. The van der Waals surface area contributed by atoms with Gasteiger partial charge in [-0.05, 0) is 41.7 Å². The molecule has 1 saturated heterocycles. The van der Waals surface area contributed by atoms with Gasteiger partial charge in [0.25, 0.3) is 0 Å². The van der Waals surface area contributed by atoms with Crippen molar-refractivity contribution in [2.75, 3.05) is 29.1 Å². The lowest BCUT2D eigenvalue weighted by Crippen LogP contribution is -2.14. The predicted molar refractivity (Wildman–Crippen MR) is 81.5 cm³/mol. The number of nitrogens with zero attached hydrogens (tertiary/aromatic N) is 1. The highest BCUT2D eigenvalue weighted by Gasteiger charge is 2.16. The Hall–Kier alpha value is -0.790. The summed E-state index contributed by atoms with van der Waals surface area (Å²) in [5.41, 5.74) is 1.79. The van der Waals surface area contributed by atoms with Crippen LogP contribution in [-0.2, 0) is 0 Å². The van der Waals surface area contributed by atoms with Crippen LogP contribution in [0.4, 0.5) is 5.69 Å². The first-order valence-corrected chi connectivity index (χ1v) is 8.46. The van der Waals surface area contributed by atoms with Gasteiger partial charge >= 0.3 is 0 Å². The molecule has 1 fully saturated rings. The van der Waals surface area contributed by atoms with Crippen LogP contribution in [0.5, 0.6) is 0 Å². The first-order valence-electron chi connectivity index (χ1n) is 6.32. The summed E-state index contributed by atoms with van der Waals surface area (Å²) in [6, 6.07) is 8.41. The summed E-state index contributed by atoms with van der Waals surface area (Å²) in [7, 11) is 0. The van der Waals surface area contributed by atoms with E-state index < -0.39 is 0 Å². The molecule has 1 aromatic carbocycles. The molecule has 1 unspecified atom stereocenters. The summed E-state index contributed by atoms with van der Waals surface area (Å²) >= 11 is 3.76. The second-order valence-corrected chi connectivity index (χ2v) is 6.79. The molecule has 1 aromatic rings. The third kappa shape index (κ3) is 3.37. The van der Waals surface area contributed by atoms with Crippen LogP contribution < -0.4 is 5.32 Å². The number of thioether (sulfide) groups is 2. The van der Waals surface area contributed by atoms with Crippen molar-refractivity contribution in [3.8, 4) is 6.07 Å². The number of hydrogen-bond donors (Lipinski definition) is 1. The maximum atomic E-state index is 9.31. The van der Waals surface area contributed by atoms with E-state index in [-0.39, 0.29) is 0 Å². The van der Waals surface area contributed by atoms with E-state index >= 15 is 0 Å². The van der Waals surface area contributed by atoms with Crippen LogP contribution in [0.1, 0.15) is 18.9 Å². The van der Waals surface area contributed by atoms with E-state index in [1.54, 1.807) is 11.8 Å². The SMILES string of the molecule is CCSc1cccc(NCC2CCSC2)c1C#N. The Morgan fingerprint density at radius 3 is 3.11 bits per heavy atom. The predicted octanol–water partition coefficient (Wildman–Crippen LogP) is 3.84. The summed E-state index contributed by atoms with van der Waals surface area (Å²) in [6.07, 6.45) is 1.29. The molecule has 0 amide bonds. The molecule has 2 nitrogen and oxygen atoms in total. The number of nitriles is 1. The van der Waals surface area contributed by atoms with Crippen molar-refractivity contribution in [1.82, 2.24) is 0 Å². The Labute approximate surface area is 118 Å². The molecular weight excluding hydrogens is 260 g/mol. The highest BCUT2D eigenvalue weighted by Crippen LogP contribution is 2.29. The van der Waals surface area contributed by atoms with Gasteiger partial charge in [0.2, 0.25) is 0 Å². The normalized spacial score (nSPS) is 18.6. The highest BCUT2D eigenvalue weighted by molar-refractivity contribution is 7.99. The van der Waals surface area contributed by atoms with Crippen LogP contribution in [0, 0.1) is 17.2 Å². The average Bonchev–Trinajstić information content (AvgIpc) is 2.90. The quantitative estimate of drug-likeness (QED) is 0.830. The molecule has 0 saturated carbocycles. The molecule has 4 heteroatoms. The van der Waals surface area contributed by atoms with Crippen LogP contribution in [0.25, 0.3) is 0 Å². The molecule has 0 bridgehead atoms. The van der Waals surface area contributed by atoms with Crippen molar-refractivity contribution in [1.29, 1.82) is 5.26 Å². The van der Waals surface area contributed by atoms with Crippen molar-refractivity contribution in [3.05, 3.63) is 23.8 Å². The summed E-state index contributed by atoms with van der Waals surface area (Å²) in [6.45, 7) is 3.10. The first kappa shape index (κ1) is 13.6. The van der Waals surface area contributed by atoms with Crippen molar-refractivity contribution in [2.45, 2.75) is 18.2 Å². The van der Waals surface area contributed by atoms with Gasteiger partial charge in [-0.3, -0.25) is 0 Å². The molecule has 0 radical (unpaired) electrons. The maximum absolute atomic E-state index is 9.31. The number of nitrogens with one attached hydrogen (secondary N) is 1. The minimum absolute atomic E-state index is 0.754. The number of hydrogen-bond acceptors (Lipinski definition) is 4. The third-order valence-electron chi connectivity index (χ3n) is 3.04. The van der Waals surface area contributed by atoms with Crippen molar-refractivity contribution >= 4 is 29.2 Å². The fourth-order valence-electron chi connectivity index (χ4n) is 2.07. The lowest BCUT2D eigenvalue weighted by atomic mass is 10.1. The fraction of sp³-hybridized carbons (Fsp3) is 0.500. The molecule has 1 aliphatic heterocycles. The fourth-order valence-corrected chi connectivity index (χ4v) is 4.14. The van der Waals surface area contributed by atoms with Crippen LogP contribution in [0.2, 0.25) is 0 Å². The molecule has 0 aliphatic carbocycles. The Balaban J connectivity index is 2.06. The average molecular weight is 278 g/mol. The van der Waals surface area contributed by atoms with Gasteiger partial charge in [0.1, 0.15) is 6.07 Å². The summed E-state index contributed by atoms with van der Waals surface area (Å²) < 4.78 is 0. The Morgan fingerprint density at radius 2 is 2.44 bits per heavy atom. The Kier molecular flexibility index (Phi) is 5.27. The number of rotatable bonds is 5. The summed E-state index contributed by atoms with van der Waals surface area (Å²) in [4.78, 5) is 1.09. The van der Waals surface area contributed by atoms with E-state index in [4.69, 9.17) is 0 Å². The van der Waals surface area contributed by atoms with Gasteiger partial charge in [0.15, 0.2) is 0 Å². The van der Waals surface area contributed by atoms with E-state index in [2.05, 4.69) is 18.3 Å². The molecular formula is C14H18N2S2. The monoisotopic (exact) mass is 278 g/mol. The Morgan fingerprint density at radius 1 is 1.56 bits per heavy atom. The number of benzene rings is 1. The molecule has 0 spiro atoms. The zero-order valence-corrected chi connectivity index (χ0v) is 12.2. The smallest absolute Gasteiger partial charge is 0.102 e. The molecule has 96 valence electrons. The van der Waals surface area contributed by atoms with Gasteiger partial charge in [-0.2, -0.15) is 17.0 Å². The van der Waals surface area contributed by atoms with Crippen LogP contribution >= 0.6 is 23.5 Å². The lowest BCUT2D eigenvalue weighted by Gasteiger charge is -2.14. The second kappa shape index (κ2) is 6.96. The van der Waals surface area contributed by atoms with Crippen LogP contribution in [0.15, 0.2) is 23.1 Å². The van der Waals surface area contributed by atoms with E-state index in [0.717, 1.165) is 34.4 Å². The molecule has 1 heterocycles. The lowest BCUT2D eigenvalue weighted by molar-refractivity contribution is 0.631. The third-order valence-corrected chi connectivity index (χ3v) is 5.21. The number of anilines is 1. The van der Waals surface area contributed by atoms with E-state index in [1.807, 2.05) is 30.0 Å². The van der Waals surface area contributed by atoms with Gasteiger partial charge in [0.05, 0.1) is 11.3 Å². The molecule has 1 N–H and O–H groups in total. The largest absolute Gasteiger partial charge is 0.384 e. The molecule has 0 aromatic heterocycles. The van der Waals surface area contributed by atoms with E-state index in [1.165, 1.54) is 17.9 Å². The molecule has 18 heavy (non-hydrogen) atoms. The Bertz CT molecular complexity index is 434. The van der Waals surface area contributed by atoms with Gasteiger partial charge in [-0.1, -0.05) is 13.0 Å². The zero-order valence-electron chi connectivity index (χ0n) is 10.6. The topological polar surface area (TPSA) is 35.8 Å². The standard InChI is InChI=1S/C14H18N2S2/c1-2-18-14-5-3-4-13(12(14)8-15)16-9-11-6-7-17-10-11/h3-5,11,16H,2,6-7,9-10H2,1H3. The maximum Gasteiger partial charge on any atom is 0.102 e. The summed E-state index contributed by atoms with van der Waals surface area (Å²) in [5, 5.41) is 12.8. The van der Waals surface area contributed by atoms with E-state index in [0.29, 0.717) is 0 Å². The second-order valence-electron chi connectivity index (χ2n) is 4.33. The van der Waals surface area contributed by atoms with E-state index in [9.17, 15) is 5.26 Å². The van der Waals surface area contributed by atoms with Gasteiger partial charge < -0.3 is 5.32 Å². The van der Waals surface area contributed by atoms with Crippen LogP contribution in [0.3, 0.4) is 0 Å². The van der Waals surface area contributed by atoms with Gasteiger partial charge in [-0.25, -0.2) is 0 Å².